The predicted molar refractivity (Wildman–Crippen MR) is 180 cm³/mol. The minimum atomic E-state index is 0.00262. The molecule has 6 rings (SSSR count). The number of nitrogens with zero attached hydrogens (tertiary/aromatic N) is 1. The molecule has 0 aliphatic carbocycles. The van der Waals surface area contributed by atoms with Crippen molar-refractivity contribution in [1.29, 1.82) is 0 Å². The molecule has 5 atom stereocenters. The van der Waals surface area contributed by atoms with Crippen molar-refractivity contribution < 1.29 is 0 Å². The molecule has 2 saturated heterocycles. The lowest BCUT2D eigenvalue weighted by Gasteiger charge is -2.40. The first-order valence-electron chi connectivity index (χ1n) is 15.7. The van der Waals surface area contributed by atoms with Gasteiger partial charge in [-0.2, -0.15) is 0 Å². The topological polar surface area (TPSA) is 55.1 Å². The molecule has 222 valence electrons. The van der Waals surface area contributed by atoms with E-state index in [9.17, 15) is 0 Å². The molecule has 5 heteroatoms. The van der Waals surface area contributed by atoms with E-state index in [-0.39, 0.29) is 30.2 Å². The number of aromatic amines is 1. The molecule has 4 aromatic rings. The summed E-state index contributed by atoms with van der Waals surface area (Å²) in [5.74, 6) is 0. The first-order valence-corrected chi connectivity index (χ1v) is 15.7. The summed E-state index contributed by atoms with van der Waals surface area (Å²) in [6.07, 6.45) is 6.92. The van der Waals surface area contributed by atoms with Crippen molar-refractivity contribution in [1.82, 2.24) is 25.8 Å². The number of nitrogens with one attached hydrogen (secondary N) is 4. The van der Waals surface area contributed by atoms with Gasteiger partial charge >= 0.3 is 0 Å². The number of aromatic nitrogens is 1. The Hall–Kier alpha value is -4.22. The summed E-state index contributed by atoms with van der Waals surface area (Å²) in [4.78, 5) is 5.97. The SMILES string of the molecule is C=C1N[C@H](Cc2c[nH]c3ccccc23)C(C)NC(Cc2ccccc2)C(=C)N2CCC[C@@H]2C(=C)NC1Cc1ccccc1. The Morgan fingerprint density at radius 2 is 1.40 bits per heavy atom. The van der Waals surface area contributed by atoms with E-state index >= 15 is 0 Å². The van der Waals surface area contributed by atoms with Crippen LogP contribution in [0.1, 0.15) is 36.5 Å². The van der Waals surface area contributed by atoms with Gasteiger partial charge in [-0.1, -0.05) is 98.6 Å². The molecule has 0 radical (unpaired) electrons. The van der Waals surface area contributed by atoms with Crippen LogP contribution in [-0.2, 0) is 19.3 Å². The molecule has 0 amide bonds. The monoisotopic (exact) mass is 571 g/mol. The van der Waals surface area contributed by atoms with Gasteiger partial charge in [0.25, 0.3) is 0 Å². The van der Waals surface area contributed by atoms with Crippen LogP contribution in [-0.4, -0.2) is 46.6 Å². The van der Waals surface area contributed by atoms with Crippen LogP contribution in [0, 0.1) is 0 Å². The number of benzene rings is 3. The number of H-pyrrole nitrogens is 1. The molecule has 4 N–H and O–H groups in total. The number of fused-ring (bicyclic) bond motifs is 2. The second kappa shape index (κ2) is 13.0. The fourth-order valence-corrected chi connectivity index (χ4v) is 6.89. The number of hydrogen-bond acceptors (Lipinski definition) is 4. The highest BCUT2D eigenvalue weighted by Gasteiger charge is 2.34. The molecule has 0 bridgehead atoms. The molecular weight excluding hydrogens is 526 g/mol. The Balaban J connectivity index is 1.35. The minimum absolute atomic E-state index is 0.00262. The second-order valence-electron chi connectivity index (χ2n) is 12.3. The molecule has 3 heterocycles. The Bertz CT molecular complexity index is 1560. The van der Waals surface area contributed by atoms with E-state index in [0.29, 0.717) is 0 Å². The molecule has 0 saturated carbocycles. The van der Waals surface area contributed by atoms with Gasteiger partial charge in [0.05, 0.1) is 18.1 Å². The molecule has 2 aliphatic rings. The lowest BCUT2D eigenvalue weighted by Crippen LogP contribution is -2.56. The van der Waals surface area contributed by atoms with Crippen molar-refractivity contribution in [3.8, 4) is 0 Å². The first-order chi connectivity index (χ1) is 21.0. The molecule has 5 nitrogen and oxygen atoms in total. The highest BCUT2D eigenvalue weighted by atomic mass is 15.2. The van der Waals surface area contributed by atoms with Gasteiger partial charge < -0.3 is 25.8 Å². The highest BCUT2D eigenvalue weighted by molar-refractivity contribution is 5.83. The summed E-state index contributed by atoms with van der Waals surface area (Å²) in [5.41, 5.74) is 8.23. The van der Waals surface area contributed by atoms with Crippen molar-refractivity contribution >= 4 is 10.9 Å². The van der Waals surface area contributed by atoms with Crippen LogP contribution in [0.15, 0.2) is 128 Å². The second-order valence-corrected chi connectivity index (χ2v) is 12.3. The predicted octanol–water partition coefficient (Wildman–Crippen LogP) is 6.48. The molecule has 3 unspecified atom stereocenters. The van der Waals surface area contributed by atoms with E-state index in [0.717, 1.165) is 55.7 Å². The normalized spacial score (nSPS) is 25.0. The zero-order valence-electron chi connectivity index (χ0n) is 25.4. The van der Waals surface area contributed by atoms with Gasteiger partial charge in [-0.05, 0) is 61.8 Å². The van der Waals surface area contributed by atoms with Crippen molar-refractivity contribution in [2.45, 2.75) is 69.2 Å². The average molecular weight is 572 g/mol. The summed E-state index contributed by atoms with van der Waals surface area (Å²) in [6.45, 7) is 17.3. The van der Waals surface area contributed by atoms with Crippen LogP contribution < -0.4 is 16.0 Å². The van der Waals surface area contributed by atoms with Gasteiger partial charge in [0.1, 0.15) is 0 Å². The minimum Gasteiger partial charge on any atom is -0.382 e. The Morgan fingerprint density at radius 3 is 2.12 bits per heavy atom. The highest BCUT2D eigenvalue weighted by Crippen LogP contribution is 2.30. The van der Waals surface area contributed by atoms with Crippen LogP contribution in [0.25, 0.3) is 10.9 Å². The van der Waals surface area contributed by atoms with Crippen LogP contribution >= 0.6 is 0 Å². The fourth-order valence-electron chi connectivity index (χ4n) is 6.89. The van der Waals surface area contributed by atoms with E-state index in [1.165, 1.54) is 27.6 Å². The maximum atomic E-state index is 4.73. The Kier molecular flexibility index (Phi) is 8.71. The van der Waals surface area contributed by atoms with Gasteiger partial charge in [-0.25, -0.2) is 0 Å². The van der Waals surface area contributed by atoms with Crippen molar-refractivity contribution in [3.05, 3.63) is 145 Å². The first kappa shape index (κ1) is 28.9. The molecule has 3 aromatic carbocycles. The van der Waals surface area contributed by atoms with Crippen LogP contribution in [0.3, 0.4) is 0 Å². The van der Waals surface area contributed by atoms with Gasteiger partial charge in [-0.15, -0.1) is 0 Å². The molecule has 43 heavy (non-hydrogen) atoms. The summed E-state index contributed by atoms with van der Waals surface area (Å²) in [5, 5.41) is 13.1. The van der Waals surface area contributed by atoms with Crippen molar-refractivity contribution in [2.75, 3.05) is 6.54 Å². The summed E-state index contributed by atoms with van der Waals surface area (Å²) in [6, 6.07) is 30.5. The summed E-state index contributed by atoms with van der Waals surface area (Å²) >= 11 is 0. The molecule has 2 aliphatic heterocycles. The molecule has 1 aromatic heterocycles. The molecule has 0 spiro atoms. The average Bonchev–Trinajstić information content (AvgIpc) is 3.68. The zero-order chi connectivity index (χ0) is 29.8. The van der Waals surface area contributed by atoms with E-state index < -0.39 is 0 Å². The summed E-state index contributed by atoms with van der Waals surface area (Å²) in [7, 11) is 0. The third-order valence-corrected chi connectivity index (χ3v) is 9.32. The maximum absolute atomic E-state index is 4.73. The van der Waals surface area contributed by atoms with Crippen LogP contribution in [0.5, 0.6) is 0 Å². The van der Waals surface area contributed by atoms with Crippen molar-refractivity contribution in [2.24, 2.45) is 0 Å². The third kappa shape index (κ3) is 6.57. The molecular formula is C38H45N5. The largest absolute Gasteiger partial charge is 0.382 e. The quantitative estimate of drug-likeness (QED) is 0.214. The van der Waals surface area contributed by atoms with E-state index in [4.69, 9.17) is 6.58 Å². The summed E-state index contributed by atoms with van der Waals surface area (Å²) < 4.78 is 0. The lowest BCUT2D eigenvalue weighted by molar-refractivity contribution is 0.278. The van der Waals surface area contributed by atoms with E-state index in [2.05, 4.69) is 137 Å². The van der Waals surface area contributed by atoms with Crippen LogP contribution in [0.4, 0.5) is 0 Å². The van der Waals surface area contributed by atoms with Crippen LogP contribution in [0.2, 0.25) is 0 Å². The van der Waals surface area contributed by atoms with Gasteiger partial charge in [0.2, 0.25) is 0 Å². The number of para-hydroxylation sites is 1. The number of rotatable bonds is 6. The third-order valence-electron chi connectivity index (χ3n) is 9.32. The van der Waals surface area contributed by atoms with Crippen molar-refractivity contribution in [3.63, 3.8) is 0 Å². The smallest absolute Gasteiger partial charge is 0.0691 e. The Labute approximate surface area is 256 Å². The van der Waals surface area contributed by atoms with Gasteiger partial charge in [-0.3, -0.25) is 0 Å². The lowest BCUT2D eigenvalue weighted by atomic mass is 9.94. The zero-order valence-corrected chi connectivity index (χ0v) is 25.4. The molecule has 2 fully saturated rings. The fraction of sp³-hybridized carbons (Fsp3) is 0.316. The van der Waals surface area contributed by atoms with Gasteiger partial charge in [0.15, 0.2) is 0 Å². The van der Waals surface area contributed by atoms with E-state index in [1.54, 1.807) is 0 Å². The standard InChI is InChI=1S/C38H45N5/c1-26-35(22-30-14-7-5-8-15-30)42-28(3)38-20-13-21-43(38)29(4)37(23-31-16-9-6-10-17-31)41-27(2)36(40-26)24-32-25-39-34-19-12-11-18-33(32)34/h5-12,14-19,25,27,35-42H,1,3-4,13,20-24H2,2H3/t27?,35?,36-,37?,38-/m1/s1. The maximum Gasteiger partial charge on any atom is 0.0691 e. The Morgan fingerprint density at radius 1 is 0.744 bits per heavy atom. The number of hydrogen-bond donors (Lipinski definition) is 4. The van der Waals surface area contributed by atoms with Gasteiger partial charge in [0, 0.05) is 52.8 Å². The van der Waals surface area contributed by atoms with E-state index in [1.807, 2.05) is 0 Å².